The van der Waals surface area contributed by atoms with Gasteiger partial charge in [-0.2, -0.15) is 0 Å². The molecular weight excluding hydrogens is 274 g/mol. The van der Waals surface area contributed by atoms with E-state index in [1.807, 2.05) is 13.8 Å². The van der Waals surface area contributed by atoms with Crippen molar-refractivity contribution in [2.75, 3.05) is 6.61 Å². The van der Waals surface area contributed by atoms with Gasteiger partial charge < -0.3 is 10.1 Å². The van der Waals surface area contributed by atoms with Crippen molar-refractivity contribution in [1.29, 1.82) is 0 Å². The smallest absolute Gasteiger partial charge is 0.407 e. The summed E-state index contributed by atoms with van der Waals surface area (Å²) in [6, 6.07) is 0.155. The number of ether oxygens (including phenoxy) is 1. The lowest BCUT2D eigenvalue weighted by atomic mass is 9.92. The van der Waals surface area contributed by atoms with Crippen molar-refractivity contribution in [3.05, 3.63) is 22.5 Å². The van der Waals surface area contributed by atoms with Crippen LogP contribution in [-0.2, 0) is 17.6 Å². The number of hydrogen-bond acceptors (Lipinski definition) is 5. The first-order valence-electron chi connectivity index (χ1n) is 6.84. The molecule has 1 unspecified atom stereocenters. The van der Waals surface area contributed by atoms with E-state index < -0.39 is 0 Å². The number of alkyl carbamates (subject to hydrolysis) is 1. The van der Waals surface area contributed by atoms with E-state index in [0.29, 0.717) is 6.61 Å². The number of nitrogens with zero attached hydrogens (tertiary/aromatic N) is 2. The second-order valence-corrected chi connectivity index (χ2v) is 6.03. The van der Waals surface area contributed by atoms with Gasteiger partial charge in [0.25, 0.3) is 0 Å². The van der Waals surface area contributed by atoms with Gasteiger partial charge in [-0.3, -0.25) is 0 Å². The van der Waals surface area contributed by atoms with Crippen LogP contribution in [0.3, 0.4) is 0 Å². The first-order chi connectivity index (χ1) is 9.69. The number of rotatable bonds is 2. The summed E-state index contributed by atoms with van der Waals surface area (Å²) in [5.41, 5.74) is 2.41. The third-order valence-corrected chi connectivity index (χ3v) is 4.79. The van der Waals surface area contributed by atoms with Crippen molar-refractivity contribution < 1.29 is 9.53 Å². The third-order valence-electron chi connectivity index (χ3n) is 3.63. The number of hydrogen-bond donors (Lipinski definition) is 1. The van der Waals surface area contributed by atoms with E-state index in [-0.39, 0.29) is 12.1 Å². The molecule has 2 heterocycles. The van der Waals surface area contributed by atoms with Crippen molar-refractivity contribution >= 4 is 27.6 Å². The number of carbonyl (C=O) groups excluding carboxylic acids is 1. The van der Waals surface area contributed by atoms with Gasteiger partial charge in [0, 0.05) is 28.4 Å². The van der Waals surface area contributed by atoms with Crippen molar-refractivity contribution in [3.8, 4) is 0 Å². The van der Waals surface area contributed by atoms with Gasteiger partial charge in [-0.05, 0) is 32.3 Å². The van der Waals surface area contributed by atoms with Crippen LogP contribution in [0.2, 0.25) is 0 Å². The Labute approximate surface area is 121 Å². The Kier molecular flexibility index (Phi) is 3.56. The van der Waals surface area contributed by atoms with E-state index in [9.17, 15) is 4.79 Å². The number of aryl methyl sites for hydroxylation is 2. The number of thiophene rings is 1. The van der Waals surface area contributed by atoms with Crippen molar-refractivity contribution in [1.82, 2.24) is 15.3 Å². The molecule has 6 heteroatoms. The first kappa shape index (κ1) is 13.3. The van der Waals surface area contributed by atoms with Crippen LogP contribution >= 0.6 is 11.3 Å². The maximum atomic E-state index is 11.5. The summed E-state index contributed by atoms with van der Waals surface area (Å²) < 4.78 is 4.94. The number of carbonyl (C=O) groups is 1. The van der Waals surface area contributed by atoms with E-state index in [1.54, 1.807) is 17.7 Å². The molecule has 1 amide bonds. The van der Waals surface area contributed by atoms with E-state index >= 15 is 0 Å². The summed E-state index contributed by atoms with van der Waals surface area (Å²) in [5.74, 6) is 0. The zero-order valence-corrected chi connectivity index (χ0v) is 12.4. The number of fused-ring (bicyclic) bond motifs is 3. The Hall–Kier alpha value is -1.69. The summed E-state index contributed by atoms with van der Waals surface area (Å²) in [6.07, 6.45) is 4.05. The average molecular weight is 291 g/mol. The topological polar surface area (TPSA) is 64.1 Å². The number of amides is 1. The van der Waals surface area contributed by atoms with Gasteiger partial charge in [-0.1, -0.05) is 0 Å². The molecule has 2 aromatic heterocycles. The molecule has 20 heavy (non-hydrogen) atoms. The molecule has 0 aromatic carbocycles. The van der Waals surface area contributed by atoms with Crippen molar-refractivity contribution in [2.45, 2.75) is 39.2 Å². The molecule has 0 aliphatic heterocycles. The summed E-state index contributed by atoms with van der Waals surface area (Å²) in [5, 5.41) is 4.14. The van der Waals surface area contributed by atoms with Gasteiger partial charge in [0.15, 0.2) is 0 Å². The minimum Gasteiger partial charge on any atom is -0.450 e. The molecule has 0 saturated heterocycles. The largest absolute Gasteiger partial charge is 0.450 e. The van der Waals surface area contributed by atoms with Gasteiger partial charge >= 0.3 is 6.09 Å². The predicted octanol–water partition coefficient (Wildman–Crippen LogP) is 2.60. The normalized spacial score (nSPS) is 17.8. The lowest BCUT2D eigenvalue weighted by Gasteiger charge is -2.23. The number of nitrogens with one attached hydrogen (secondary N) is 1. The molecule has 0 bridgehead atoms. The molecule has 1 atom stereocenters. The molecule has 0 saturated carbocycles. The molecule has 5 nitrogen and oxygen atoms in total. The van der Waals surface area contributed by atoms with Gasteiger partial charge in [0.1, 0.15) is 11.2 Å². The van der Waals surface area contributed by atoms with Crippen LogP contribution in [-0.4, -0.2) is 28.7 Å². The van der Waals surface area contributed by atoms with Crippen molar-refractivity contribution in [3.63, 3.8) is 0 Å². The van der Waals surface area contributed by atoms with E-state index in [0.717, 1.165) is 29.8 Å². The summed E-state index contributed by atoms with van der Waals surface area (Å²) in [4.78, 5) is 22.5. The second kappa shape index (κ2) is 5.36. The maximum Gasteiger partial charge on any atom is 0.407 e. The molecule has 1 aliphatic rings. The van der Waals surface area contributed by atoms with Crippen LogP contribution in [0.1, 0.15) is 29.5 Å². The standard InChI is InChI=1S/C14H17N3O2S/c1-3-19-14(18)17-9-4-5-10-11(6-9)20-13-12(10)8(2)15-7-16-13/h7,9H,3-6H2,1-2H3,(H,17,18). The van der Waals surface area contributed by atoms with E-state index in [4.69, 9.17) is 4.74 Å². The van der Waals surface area contributed by atoms with E-state index in [1.165, 1.54) is 15.8 Å². The highest BCUT2D eigenvalue weighted by Crippen LogP contribution is 2.36. The fourth-order valence-corrected chi connectivity index (χ4v) is 4.05. The van der Waals surface area contributed by atoms with Gasteiger partial charge in [0.05, 0.1) is 6.61 Å². The minimum atomic E-state index is -0.321. The molecule has 0 fully saturated rings. The second-order valence-electron chi connectivity index (χ2n) is 4.95. The Morgan fingerprint density at radius 1 is 1.55 bits per heavy atom. The first-order valence-corrected chi connectivity index (χ1v) is 7.65. The zero-order valence-electron chi connectivity index (χ0n) is 11.6. The lowest BCUT2D eigenvalue weighted by Crippen LogP contribution is -2.38. The average Bonchev–Trinajstić information content (AvgIpc) is 2.77. The molecule has 0 radical (unpaired) electrons. The predicted molar refractivity (Wildman–Crippen MR) is 78.1 cm³/mol. The fraction of sp³-hybridized carbons (Fsp3) is 0.500. The van der Waals surface area contributed by atoms with Crippen molar-refractivity contribution in [2.24, 2.45) is 0 Å². The van der Waals surface area contributed by atoms with Crippen LogP contribution < -0.4 is 5.32 Å². The van der Waals surface area contributed by atoms with Crippen LogP contribution in [0.15, 0.2) is 6.33 Å². The van der Waals surface area contributed by atoms with Crippen LogP contribution in [0.25, 0.3) is 10.2 Å². The highest BCUT2D eigenvalue weighted by molar-refractivity contribution is 7.18. The van der Waals surface area contributed by atoms with Gasteiger partial charge in [-0.25, -0.2) is 14.8 Å². The molecule has 106 valence electrons. The zero-order chi connectivity index (χ0) is 14.1. The molecular formula is C14H17N3O2S. The Morgan fingerprint density at radius 3 is 3.20 bits per heavy atom. The van der Waals surface area contributed by atoms with Gasteiger partial charge in [-0.15, -0.1) is 11.3 Å². The Bertz CT molecular complexity index is 653. The summed E-state index contributed by atoms with van der Waals surface area (Å²) in [6.45, 7) is 4.24. The van der Waals surface area contributed by atoms with Gasteiger partial charge in [0.2, 0.25) is 0 Å². The maximum absolute atomic E-state index is 11.5. The molecule has 2 aromatic rings. The van der Waals surface area contributed by atoms with Crippen LogP contribution in [0, 0.1) is 6.92 Å². The monoisotopic (exact) mass is 291 g/mol. The highest BCUT2D eigenvalue weighted by atomic mass is 32.1. The summed E-state index contributed by atoms with van der Waals surface area (Å²) in [7, 11) is 0. The molecule has 1 N–H and O–H groups in total. The van der Waals surface area contributed by atoms with Crippen LogP contribution in [0.4, 0.5) is 4.79 Å². The Balaban J connectivity index is 1.84. The minimum absolute atomic E-state index is 0.155. The summed E-state index contributed by atoms with van der Waals surface area (Å²) >= 11 is 1.71. The van der Waals surface area contributed by atoms with E-state index in [2.05, 4.69) is 15.3 Å². The Morgan fingerprint density at radius 2 is 2.40 bits per heavy atom. The number of aromatic nitrogens is 2. The van der Waals surface area contributed by atoms with Crippen LogP contribution in [0.5, 0.6) is 0 Å². The quantitative estimate of drug-likeness (QED) is 0.923. The molecule has 0 spiro atoms. The SMILES string of the molecule is CCOC(=O)NC1CCc2c(sc3ncnc(C)c23)C1. The highest BCUT2D eigenvalue weighted by Gasteiger charge is 2.25. The molecule has 1 aliphatic carbocycles. The fourth-order valence-electron chi connectivity index (χ4n) is 2.73. The lowest BCUT2D eigenvalue weighted by molar-refractivity contribution is 0.147. The third kappa shape index (κ3) is 2.35. The molecule has 3 rings (SSSR count).